The fraction of sp³-hybridized carbons (Fsp3) is 0.909. The Kier molecular flexibility index (Phi) is 4.39. The molecule has 1 fully saturated rings. The Morgan fingerprint density at radius 1 is 1.40 bits per heavy atom. The lowest BCUT2D eigenvalue weighted by Crippen LogP contribution is -2.47. The maximum absolute atomic E-state index is 5.95. The maximum Gasteiger partial charge on any atom is 0.191 e. The van der Waals surface area contributed by atoms with Crippen LogP contribution in [0.4, 0.5) is 0 Å². The normalized spacial score (nSPS) is 21.0. The Morgan fingerprint density at radius 2 is 1.93 bits per heavy atom. The van der Waals surface area contributed by atoms with Gasteiger partial charge in [0.1, 0.15) is 0 Å². The van der Waals surface area contributed by atoms with Crippen molar-refractivity contribution in [1.29, 1.82) is 0 Å². The molecule has 0 aromatic rings. The first-order valence-electron chi connectivity index (χ1n) is 5.75. The van der Waals surface area contributed by atoms with Crippen molar-refractivity contribution >= 4 is 5.96 Å². The van der Waals surface area contributed by atoms with Gasteiger partial charge in [-0.3, -0.25) is 4.99 Å². The van der Waals surface area contributed by atoms with E-state index in [0.717, 1.165) is 13.1 Å². The molecule has 1 saturated heterocycles. The van der Waals surface area contributed by atoms with Gasteiger partial charge < -0.3 is 15.5 Å². The average Bonchev–Trinajstić information content (AvgIpc) is 2.17. The van der Waals surface area contributed by atoms with Crippen LogP contribution in [0.5, 0.6) is 0 Å². The van der Waals surface area contributed by atoms with E-state index < -0.39 is 0 Å². The molecule has 88 valence electrons. The zero-order valence-electron chi connectivity index (χ0n) is 10.4. The van der Waals surface area contributed by atoms with Crippen LogP contribution in [0, 0.1) is 0 Å². The topological polar surface area (TPSA) is 44.9 Å². The highest BCUT2D eigenvalue weighted by Crippen LogP contribution is 2.13. The van der Waals surface area contributed by atoms with Crippen molar-refractivity contribution in [2.24, 2.45) is 10.7 Å². The SMILES string of the molecule is CC(C)N=C(N)N(C)C1CCN(C)CC1. The Balaban J connectivity index is 2.49. The lowest BCUT2D eigenvalue weighted by atomic mass is 10.0. The van der Waals surface area contributed by atoms with Crippen LogP contribution >= 0.6 is 0 Å². The van der Waals surface area contributed by atoms with Crippen molar-refractivity contribution in [2.45, 2.75) is 38.8 Å². The third-order valence-electron chi connectivity index (χ3n) is 2.99. The van der Waals surface area contributed by atoms with Crippen LogP contribution < -0.4 is 5.73 Å². The molecule has 1 rings (SSSR count). The van der Waals surface area contributed by atoms with Gasteiger partial charge in [0, 0.05) is 19.1 Å². The second-order valence-corrected chi connectivity index (χ2v) is 4.73. The van der Waals surface area contributed by atoms with E-state index >= 15 is 0 Å². The van der Waals surface area contributed by atoms with Crippen LogP contribution in [0.2, 0.25) is 0 Å². The molecule has 0 spiro atoms. The minimum Gasteiger partial charge on any atom is -0.370 e. The van der Waals surface area contributed by atoms with Gasteiger partial charge in [-0.1, -0.05) is 0 Å². The van der Waals surface area contributed by atoms with Crippen LogP contribution in [0.25, 0.3) is 0 Å². The number of piperidine rings is 1. The standard InChI is InChI=1S/C11H24N4/c1-9(2)13-11(12)15(4)10-5-7-14(3)8-6-10/h9-10H,5-8H2,1-4H3,(H2,12,13). The van der Waals surface area contributed by atoms with Gasteiger partial charge >= 0.3 is 0 Å². The molecule has 4 nitrogen and oxygen atoms in total. The lowest BCUT2D eigenvalue weighted by Gasteiger charge is -2.35. The van der Waals surface area contributed by atoms with E-state index in [1.165, 1.54) is 12.8 Å². The molecule has 0 aliphatic carbocycles. The summed E-state index contributed by atoms with van der Waals surface area (Å²) in [4.78, 5) is 8.87. The van der Waals surface area contributed by atoms with Crippen LogP contribution in [-0.4, -0.2) is 55.0 Å². The van der Waals surface area contributed by atoms with Crippen molar-refractivity contribution < 1.29 is 0 Å². The molecule has 0 aromatic carbocycles. The van der Waals surface area contributed by atoms with E-state index in [9.17, 15) is 0 Å². The fourth-order valence-corrected chi connectivity index (χ4v) is 1.92. The van der Waals surface area contributed by atoms with Gasteiger partial charge in [-0.15, -0.1) is 0 Å². The molecule has 0 saturated carbocycles. The number of rotatable bonds is 2. The Morgan fingerprint density at radius 3 is 2.40 bits per heavy atom. The van der Waals surface area contributed by atoms with Gasteiger partial charge in [0.2, 0.25) is 0 Å². The molecule has 4 heteroatoms. The molecule has 0 amide bonds. The summed E-state index contributed by atoms with van der Waals surface area (Å²) in [7, 11) is 4.22. The summed E-state index contributed by atoms with van der Waals surface area (Å²) in [6.45, 7) is 6.42. The highest BCUT2D eigenvalue weighted by molar-refractivity contribution is 5.78. The number of guanidine groups is 1. The summed E-state index contributed by atoms with van der Waals surface area (Å²) in [5.41, 5.74) is 5.95. The van der Waals surface area contributed by atoms with Gasteiger partial charge in [0.25, 0.3) is 0 Å². The number of hydrogen-bond donors (Lipinski definition) is 1. The third kappa shape index (κ3) is 3.70. The first-order valence-corrected chi connectivity index (χ1v) is 5.75. The minimum atomic E-state index is 0.277. The molecular weight excluding hydrogens is 188 g/mol. The first-order chi connectivity index (χ1) is 7.00. The van der Waals surface area contributed by atoms with E-state index in [2.05, 4.69) is 42.7 Å². The summed E-state index contributed by atoms with van der Waals surface area (Å²) in [5.74, 6) is 0.680. The number of nitrogens with two attached hydrogens (primary N) is 1. The largest absolute Gasteiger partial charge is 0.370 e. The van der Waals surface area contributed by atoms with E-state index in [1.807, 2.05) is 0 Å². The first kappa shape index (κ1) is 12.3. The summed E-state index contributed by atoms with van der Waals surface area (Å²) in [5, 5.41) is 0. The zero-order valence-corrected chi connectivity index (χ0v) is 10.4. The molecular formula is C11H24N4. The van der Waals surface area contributed by atoms with Crippen LogP contribution in [0.3, 0.4) is 0 Å². The Hall–Kier alpha value is -0.770. The summed E-state index contributed by atoms with van der Waals surface area (Å²) in [6, 6.07) is 0.836. The van der Waals surface area contributed by atoms with Crippen molar-refractivity contribution in [1.82, 2.24) is 9.80 Å². The molecule has 0 aromatic heterocycles. The molecule has 1 aliphatic heterocycles. The fourth-order valence-electron chi connectivity index (χ4n) is 1.92. The number of aliphatic imine (C=N–C) groups is 1. The second-order valence-electron chi connectivity index (χ2n) is 4.73. The van der Waals surface area contributed by atoms with E-state index in [1.54, 1.807) is 0 Å². The van der Waals surface area contributed by atoms with Crippen molar-refractivity contribution in [3.8, 4) is 0 Å². The number of likely N-dealkylation sites (tertiary alicyclic amines) is 1. The average molecular weight is 212 g/mol. The number of hydrogen-bond acceptors (Lipinski definition) is 2. The van der Waals surface area contributed by atoms with Crippen molar-refractivity contribution in [2.75, 3.05) is 27.2 Å². The zero-order chi connectivity index (χ0) is 11.4. The third-order valence-corrected chi connectivity index (χ3v) is 2.99. The second kappa shape index (κ2) is 5.35. The van der Waals surface area contributed by atoms with Crippen molar-refractivity contribution in [3.05, 3.63) is 0 Å². The Labute approximate surface area is 93.1 Å². The Bertz CT molecular complexity index is 217. The van der Waals surface area contributed by atoms with Crippen molar-refractivity contribution in [3.63, 3.8) is 0 Å². The van der Waals surface area contributed by atoms with Gasteiger partial charge in [0.05, 0.1) is 0 Å². The van der Waals surface area contributed by atoms with Crippen LogP contribution in [0.1, 0.15) is 26.7 Å². The molecule has 1 heterocycles. The predicted octanol–water partition coefficient (Wildman–Crippen LogP) is 0.736. The van der Waals surface area contributed by atoms with Gasteiger partial charge in [-0.2, -0.15) is 0 Å². The highest BCUT2D eigenvalue weighted by atomic mass is 15.3. The lowest BCUT2D eigenvalue weighted by molar-refractivity contribution is 0.191. The van der Waals surface area contributed by atoms with Gasteiger partial charge in [0.15, 0.2) is 5.96 Å². The highest BCUT2D eigenvalue weighted by Gasteiger charge is 2.21. The van der Waals surface area contributed by atoms with Crippen LogP contribution in [-0.2, 0) is 0 Å². The number of nitrogens with zero attached hydrogens (tertiary/aromatic N) is 3. The van der Waals surface area contributed by atoms with E-state index in [4.69, 9.17) is 5.73 Å². The maximum atomic E-state index is 5.95. The van der Waals surface area contributed by atoms with Gasteiger partial charge in [-0.25, -0.2) is 0 Å². The molecule has 0 bridgehead atoms. The minimum absolute atomic E-state index is 0.277. The summed E-state index contributed by atoms with van der Waals surface area (Å²) < 4.78 is 0. The molecule has 0 unspecified atom stereocenters. The molecule has 0 radical (unpaired) electrons. The van der Waals surface area contributed by atoms with Crippen LogP contribution in [0.15, 0.2) is 4.99 Å². The molecule has 15 heavy (non-hydrogen) atoms. The van der Waals surface area contributed by atoms with E-state index in [-0.39, 0.29) is 6.04 Å². The summed E-state index contributed by atoms with van der Waals surface area (Å²) >= 11 is 0. The molecule has 2 N–H and O–H groups in total. The van der Waals surface area contributed by atoms with E-state index in [0.29, 0.717) is 12.0 Å². The molecule has 0 atom stereocenters. The predicted molar refractivity (Wildman–Crippen MR) is 65.0 cm³/mol. The molecule has 1 aliphatic rings. The van der Waals surface area contributed by atoms with Gasteiger partial charge in [-0.05, 0) is 46.8 Å². The smallest absolute Gasteiger partial charge is 0.191 e. The summed E-state index contributed by atoms with van der Waals surface area (Å²) in [6.07, 6.45) is 2.36. The quantitative estimate of drug-likeness (QED) is 0.542. The monoisotopic (exact) mass is 212 g/mol.